The molecule has 0 saturated carbocycles. The molecule has 1 aromatic heterocycles. The normalized spacial score (nSPS) is 11.7. The van der Waals surface area contributed by atoms with Crippen molar-refractivity contribution in [1.29, 1.82) is 0 Å². The summed E-state index contributed by atoms with van der Waals surface area (Å²) < 4.78 is 11.1. The second-order valence-electron chi connectivity index (χ2n) is 11.6. The molecule has 5 heteroatoms. The molecule has 0 atom stereocenters. The second-order valence-corrected chi connectivity index (χ2v) is 14.1. The lowest BCUT2D eigenvalue weighted by Crippen LogP contribution is -2.02. The van der Waals surface area contributed by atoms with Gasteiger partial charge in [-0.1, -0.05) is 90.2 Å². The first kappa shape index (κ1) is 31.6. The quantitative estimate of drug-likeness (QED) is 0.0566. The predicted octanol–water partition coefficient (Wildman–Crippen LogP) is 12.3. The number of ether oxygens (including phenoxy) is 1. The third-order valence-electron chi connectivity index (χ3n) is 8.35. The zero-order valence-corrected chi connectivity index (χ0v) is 29.5. The van der Waals surface area contributed by atoms with E-state index in [-0.39, 0.29) is 0 Å². The van der Waals surface area contributed by atoms with Crippen LogP contribution in [0.5, 0.6) is 5.75 Å². The summed E-state index contributed by atoms with van der Waals surface area (Å²) in [6.07, 6.45) is 15.3. The third kappa shape index (κ3) is 7.61. The van der Waals surface area contributed by atoms with E-state index in [1.165, 1.54) is 98.4 Å². The van der Waals surface area contributed by atoms with E-state index in [0.29, 0.717) is 0 Å². The van der Waals surface area contributed by atoms with E-state index < -0.39 is 0 Å². The van der Waals surface area contributed by atoms with E-state index in [2.05, 4.69) is 124 Å². The molecular weight excluding hydrogens is 742 g/mol. The van der Waals surface area contributed by atoms with Crippen molar-refractivity contribution >= 4 is 77.8 Å². The van der Waals surface area contributed by atoms with Crippen LogP contribution in [0.1, 0.15) is 90.9 Å². The van der Waals surface area contributed by atoms with Crippen LogP contribution in [0.4, 0.5) is 0 Å². The summed E-state index contributed by atoms with van der Waals surface area (Å²) in [6.45, 7) is 6.32. The smallest absolute Gasteiger partial charge is 0.141 e. The summed E-state index contributed by atoms with van der Waals surface area (Å²) in [5.74, 6) is 2.01. The van der Waals surface area contributed by atoms with Gasteiger partial charge in [-0.2, -0.15) is 0 Å². The highest BCUT2D eigenvalue weighted by Gasteiger charge is 2.19. The zero-order chi connectivity index (χ0) is 29.3. The number of fused-ring (bicyclic) bond motifs is 6. The Bertz CT molecular complexity index is 1610. The van der Waals surface area contributed by atoms with Gasteiger partial charge in [-0.25, -0.2) is 4.98 Å². The van der Waals surface area contributed by atoms with Crippen molar-refractivity contribution in [2.45, 2.75) is 97.4 Å². The minimum absolute atomic E-state index is 0.789. The van der Waals surface area contributed by atoms with Crippen LogP contribution >= 0.6 is 45.2 Å². The zero-order valence-electron chi connectivity index (χ0n) is 25.2. The maximum atomic E-state index is 6.12. The minimum atomic E-state index is 0.789. The van der Waals surface area contributed by atoms with Crippen molar-refractivity contribution in [2.75, 3.05) is 6.61 Å². The predicted molar refractivity (Wildman–Crippen MR) is 198 cm³/mol. The molecule has 0 radical (unpaired) electrons. The van der Waals surface area contributed by atoms with Gasteiger partial charge in [-0.05, 0) is 117 Å². The van der Waals surface area contributed by atoms with Gasteiger partial charge in [0.15, 0.2) is 0 Å². The SMILES string of the molecule is CCCCCCCCOc1ccc(-c2nc3c4cc(I)ccc4c4ccc(I)cc4c3n2CCCCCCCC)cc1. The standard InChI is InChI=1S/C37H44I2N2O/c1-3-5-7-9-11-13-23-41-36-34-26-29(39)18-22-32(34)31-21-17-28(38)25-33(31)35(36)40-37(41)27-15-19-30(20-16-27)42-24-14-12-10-8-6-4-2/h15-22,25-26H,3-14,23-24H2,1-2H3. The number of rotatable bonds is 16. The number of halogens is 2. The summed E-state index contributed by atoms with van der Waals surface area (Å²) in [5.41, 5.74) is 3.54. The van der Waals surface area contributed by atoms with E-state index >= 15 is 0 Å². The van der Waals surface area contributed by atoms with Gasteiger partial charge in [0.2, 0.25) is 0 Å². The maximum absolute atomic E-state index is 6.12. The van der Waals surface area contributed by atoms with Crippen LogP contribution in [0, 0.1) is 7.14 Å². The molecular formula is C37H44I2N2O. The molecule has 0 fully saturated rings. The molecule has 0 aliphatic rings. The Kier molecular flexibility index (Phi) is 11.8. The second kappa shape index (κ2) is 15.7. The molecule has 3 nitrogen and oxygen atoms in total. The summed E-state index contributed by atoms with van der Waals surface area (Å²) in [7, 11) is 0. The molecule has 42 heavy (non-hydrogen) atoms. The van der Waals surface area contributed by atoms with E-state index in [4.69, 9.17) is 9.72 Å². The van der Waals surface area contributed by atoms with Crippen molar-refractivity contribution in [3.05, 3.63) is 67.8 Å². The Morgan fingerprint density at radius 3 is 1.86 bits per heavy atom. The lowest BCUT2D eigenvalue weighted by atomic mass is 10.00. The Morgan fingerprint density at radius 1 is 0.619 bits per heavy atom. The van der Waals surface area contributed by atoms with E-state index in [1.807, 2.05) is 0 Å². The topological polar surface area (TPSA) is 27.1 Å². The van der Waals surface area contributed by atoms with Crippen molar-refractivity contribution < 1.29 is 4.74 Å². The van der Waals surface area contributed by atoms with Gasteiger partial charge < -0.3 is 9.30 Å². The Hall–Kier alpha value is -1.87. The first-order valence-corrected chi connectivity index (χ1v) is 18.2. The lowest BCUT2D eigenvalue weighted by molar-refractivity contribution is 0.304. The number of nitrogens with zero attached hydrogens (tertiary/aromatic N) is 2. The molecule has 4 aromatic carbocycles. The van der Waals surface area contributed by atoms with Crippen LogP contribution < -0.4 is 4.74 Å². The van der Waals surface area contributed by atoms with Crippen molar-refractivity contribution in [1.82, 2.24) is 9.55 Å². The molecule has 5 aromatic rings. The molecule has 0 unspecified atom stereocenters. The fourth-order valence-electron chi connectivity index (χ4n) is 6.07. The molecule has 222 valence electrons. The van der Waals surface area contributed by atoms with Crippen LogP contribution in [-0.2, 0) is 6.54 Å². The first-order valence-electron chi connectivity index (χ1n) is 16.0. The number of aryl methyl sites for hydroxylation is 1. The summed E-state index contributed by atoms with van der Waals surface area (Å²) in [4.78, 5) is 5.42. The summed E-state index contributed by atoms with van der Waals surface area (Å²) >= 11 is 4.88. The monoisotopic (exact) mass is 786 g/mol. The Balaban J connectivity index is 1.50. The van der Waals surface area contributed by atoms with Gasteiger partial charge in [0.25, 0.3) is 0 Å². The molecule has 0 spiro atoms. The van der Waals surface area contributed by atoms with Crippen molar-refractivity contribution in [3.8, 4) is 17.1 Å². The van der Waals surface area contributed by atoms with Gasteiger partial charge in [0, 0.05) is 30.0 Å². The molecule has 0 aliphatic heterocycles. The molecule has 0 amide bonds. The average molecular weight is 787 g/mol. The first-order chi connectivity index (χ1) is 20.6. The highest BCUT2D eigenvalue weighted by molar-refractivity contribution is 14.1. The molecule has 0 bridgehead atoms. The fraction of sp³-hybridized carbons (Fsp3) is 0.432. The highest BCUT2D eigenvalue weighted by Crippen LogP contribution is 2.39. The van der Waals surface area contributed by atoms with Crippen LogP contribution in [0.2, 0.25) is 0 Å². The van der Waals surface area contributed by atoms with Crippen molar-refractivity contribution in [3.63, 3.8) is 0 Å². The lowest BCUT2D eigenvalue weighted by Gasteiger charge is -2.13. The molecule has 5 rings (SSSR count). The number of aromatic nitrogens is 2. The van der Waals surface area contributed by atoms with Gasteiger partial charge >= 0.3 is 0 Å². The largest absolute Gasteiger partial charge is 0.494 e. The summed E-state index contributed by atoms with van der Waals surface area (Å²) in [5, 5.41) is 5.13. The van der Waals surface area contributed by atoms with Crippen LogP contribution in [0.25, 0.3) is 44.0 Å². The average Bonchev–Trinajstić information content (AvgIpc) is 3.38. The van der Waals surface area contributed by atoms with E-state index in [1.54, 1.807) is 0 Å². The van der Waals surface area contributed by atoms with Gasteiger partial charge in [0.1, 0.15) is 11.6 Å². The third-order valence-corrected chi connectivity index (χ3v) is 9.69. The van der Waals surface area contributed by atoms with Crippen LogP contribution in [0.15, 0.2) is 60.7 Å². The number of hydrogen-bond acceptors (Lipinski definition) is 2. The van der Waals surface area contributed by atoms with Crippen LogP contribution in [-0.4, -0.2) is 16.2 Å². The number of imidazole rings is 1. The van der Waals surface area contributed by atoms with Gasteiger partial charge in [0.05, 0.1) is 17.6 Å². The van der Waals surface area contributed by atoms with Gasteiger partial charge in [-0.3, -0.25) is 0 Å². The minimum Gasteiger partial charge on any atom is -0.494 e. The molecule has 0 saturated heterocycles. The van der Waals surface area contributed by atoms with Gasteiger partial charge in [-0.15, -0.1) is 0 Å². The number of unbranched alkanes of at least 4 members (excludes halogenated alkanes) is 10. The van der Waals surface area contributed by atoms with Crippen LogP contribution in [0.3, 0.4) is 0 Å². The fourth-order valence-corrected chi connectivity index (χ4v) is 7.05. The van der Waals surface area contributed by atoms with Crippen molar-refractivity contribution in [2.24, 2.45) is 0 Å². The number of hydrogen-bond donors (Lipinski definition) is 0. The highest BCUT2D eigenvalue weighted by atomic mass is 127. The van der Waals surface area contributed by atoms with E-state index in [0.717, 1.165) is 48.6 Å². The Morgan fingerprint density at radius 2 is 1.19 bits per heavy atom. The molecule has 0 N–H and O–H groups in total. The van der Waals surface area contributed by atoms with E-state index in [9.17, 15) is 0 Å². The number of benzene rings is 4. The Labute approximate surface area is 279 Å². The maximum Gasteiger partial charge on any atom is 0.141 e. The molecule has 1 heterocycles. The molecule has 0 aliphatic carbocycles. The summed E-state index contributed by atoms with van der Waals surface area (Å²) in [6, 6.07) is 22.3.